The molecule has 28 heavy (non-hydrogen) atoms. The first-order valence-electron chi connectivity index (χ1n) is 9.16. The van der Waals surface area contributed by atoms with Crippen LogP contribution in [0.1, 0.15) is 23.9 Å². The number of guanidine groups is 1. The third-order valence-corrected chi connectivity index (χ3v) is 4.24. The van der Waals surface area contributed by atoms with Crippen LogP contribution >= 0.6 is 24.0 Å². The summed E-state index contributed by atoms with van der Waals surface area (Å²) in [5, 5.41) is 7.58. The third kappa shape index (κ3) is 6.08. The predicted octanol–water partition coefficient (Wildman–Crippen LogP) is 2.88. The zero-order chi connectivity index (χ0) is 19.1. The van der Waals surface area contributed by atoms with Gasteiger partial charge in [-0.25, -0.2) is 9.98 Å². The molecular weight excluding hydrogens is 465 g/mol. The maximum absolute atomic E-state index is 4.78. The molecule has 0 saturated heterocycles. The second-order valence-electron chi connectivity index (χ2n) is 6.51. The number of nitrogens with one attached hydrogen (secondary N) is 1. The maximum atomic E-state index is 4.78. The topological polar surface area (TPSA) is 63.3 Å². The first-order chi connectivity index (χ1) is 13.2. The molecule has 0 fully saturated rings. The number of rotatable bonds is 7. The fourth-order valence-corrected chi connectivity index (χ4v) is 2.93. The lowest BCUT2D eigenvalue weighted by atomic mass is 10.2. The Morgan fingerprint density at radius 2 is 2.00 bits per heavy atom. The van der Waals surface area contributed by atoms with Gasteiger partial charge in [0.25, 0.3) is 0 Å². The summed E-state index contributed by atoms with van der Waals surface area (Å²) in [7, 11) is 3.96. The van der Waals surface area contributed by atoms with Crippen molar-refractivity contribution in [3.8, 4) is 0 Å². The number of hydrogen-bond donors (Lipinski definition) is 1. The van der Waals surface area contributed by atoms with Crippen LogP contribution in [-0.4, -0.2) is 43.8 Å². The van der Waals surface area contributed by atoms with Gasteiger partial charge in [0.15, 0.2) is 5.96 Å². The van der Waals surface area contributed by atoms with Crippen molar-refractivity contribution in [2.75, 3.05) is 13.6 Å². The Balaban J connectivity index is 0.00000280. The molecule has 0 unspecified atom stereocenters. The minimum atomic E-state index is 0. The summed E-state index contributed by atoms with van der Waals surface area (Å²) < 4.78 is 3.96. The summed E-state index contributed by atoms with van der Waals surface area (Å²) in [6, 6.07) is 10.4. The van der Waals surface area contributed by atoms with Gasteiger partial charge in [0.2, 0.25) is 0 Å². The molecule has 0 atom stereocenters. The average molecular weight is 493 g/mol. The number of benzene rings is 1. The van der Waals surface area contributed by atoms with Crippen LogP contribution in [0.4, 0.5) is 0 Å². The van der Waals surface area contributed by atoms with Gasteiger partial charge >= 0.3 is 0 Å². The molecule has 2 aromatic heterocycles. The minimum Gasteiger partial charge on any atom is -0.357 e. The monoisotopic (exact) mass is 493 g/mol. The zero-order valence-corrected chi connectivity index (χ0v) is 18.9. The van der Waals surface area contributed by atoms with E-state index in [1.54, 1.807) is 0 Å². The van der Waals surface area contributed by atoms with Crippen LogP contribution in [0, 0.1) is 0 Å². The van der Waals surface area contributed by atoms with E-state index in [0.29, 0.717) is 6.54 Å². The number of aryl methyl sites for hydroxylation is 1. The van der Waals surface area contributed by atoms with E-state index in [0.717, 1.165) is 37.0 Å². The van der Waals surface area contributed by atoms with Crippen LogP contribution in [0.5, 0.6) is 0 Å². The van der Waals surface area contributed by atoms with Crippen molar-refractivity contribution in [2.45, 2.75) is 26.6 Å². The van der Waals surface area contributed by atoms with Crippen LogP contribution in [-0.2, 0) is 26.7 Å². The quantitative estimate of drug-likeness (QED) is 0.313. The molecule has 7 nitrogen and oxygen atoms in total. The van der Waals surface area contributed by atoms with Crippen LogP contribution < -0.4 is 5.32 Å². The predicted molar refractivity (Wildman–Crippen MR) is 123 cm³/mol. The van der Waals surface area contributed by atoms with Crippen molar-refractivity contribution in [1.82, 2.24) is 29.5 Å². The lowest BCUT2D eigenvalue weighted by Gasteiger charge is -2.21. The Kier molecular flexibility index (Phi) is 8.49. The fourth-order valence-electron chi connectivity index (χ4n) is 2.93. The van der Waals surface area contributed by atoms with E-state index in [1.165, 1.54) is 5.56 Å². The summed E-state index contributed by atoms with van der Waals surface area (Å²) >= 11 is 0. The molecule has 150 valence electrons. The lowest BCUT2D eigenvalue weighted by molar-refractivity contribution is 0.475. The van der Waals surface area contributed by atoms with E-state index in [1.807, 2.05) is 49.6 Å². The fraction of sp³-hybridized carbons (Fsp3) is 0.350. The average Bonchev–Trinajstić information content (AvgIpc) is 3.28. The van der Waals surface area contributed by atoms with E-state index in [2.05, 4.69) is 56.1 Å². The number of aromatic nitrogens is 4. The lowest BCUT2D eigenvalue weighted by Crippen LogP contribution is -2.38. The zero-order valence-electron chi connectivity index (χ0n) is 16.6. The summed E-state index contributed by atoms with van der Waals surface area (Å²) in [6.45, 7) is 4.96. The molecule has 0 saturated carbocycles. The number of imidazole rings is 1. The Morgan fingerprint density at radius 3 is 2.68 bits per heavy atom. The van der Waals surface area contributed by atoms with E-state index >= 15 is 0 Å². The number of hydrogen-bond acceptors (Lipinski definition) is 3. The Labute approximate surface area is 183 Å². The van der Waals surface area contributed by atoms with Crippen LogP contribution in [0.25, 0.3) is 0 Å². The van der Waals surface area contributed by atoms with Crippen LogP contribution in [0.2, 0.25) is 0 Å². The molecule has 0 aliphatic carbocycles. The molecule has 0 aliphatic rings. The van der Waals surface area contributed by atoms with Gasteiger partial charge in [-0.3, -0.25) is 4.68 Å². The molecule has 0 bridgehead atoms. The normalized spacial score (nSPS) is 11.2. The molecule has 0 spiro atoms. The largest absolute Gasteiger partial charge is 0.357 e. The molecule has 0 aliphatic heterocycles. The SMILES string of the molecule is CCNC(=NCc1nccn1Cc1ccccc1)N(C)Cc1cnn(C)c1.I. The second kappa shape index (κ2) is 10.8. The Hall–Kier alpha value is -2.36. The van der Waals surface area contributed by atoms with Crippen LogP contribution in [0.15, 0.2) is 60.1 Å². The van der Waals surface area contributed by atoms with Crippen molar-refractivity contribution in [3.05, 3.63) is 72.1 Å². The van der Waals surface area contributed by atoms with Gasteiger partial charge in [-0.15, -0.1) is 24.0 Å². The molecule has 3 aromatic rings. The van der Waals surface area contributed by atoms with Gasteiger partial charge in [-0.1, -0.05) is 30.3 Å². The molecule has 8 heteroatoms. The van der Waals surface area contributed by atoms with Gasteiger partial charge in [0.05, 0.1) is 6.20 Å². The van der Waals surface area contributed by atoms with Gasteiger partial charge in [-0.2, -0.15) is 5.10 Å². The number of aliphatic imine (C=N–C) groups is 1. The van der Waals surface area contributed by atoms with Gasteiger partial charge in [-0.05, 0) is 12.5 Å². The summed E-state index contributed by atoms with van der Waals surface area (Å²) in [5.41, 5.74) is 2.40. The van der Waals surface area contributed by atoms with E-state index in [4.69, 9.17) is 4.99 Å². The summed E-state index contributed by atoms with van der Waals surface area (Å²) in [5.74, 6) is 1.81. The standard InChI is InChI=1S/C20H27N7.HI/c1-4-21-20(25(2)14-18-12-24-26(3)15-18)23-13-19-22-10-11-27(19)16-17-8-6-5-7-9-17;/h5-12,15H,4,13-14,16H2,1-3H3,(H,21,23);1H. The number of halogens is 1. The highest BCUT2D eigenvalue weighted by Gasteiger charge is 2.09. The molecule has 1 N–H and O–H groups in total. The first kappa shape index (κ1) is 21.9. The smallest absolute Gasteiger partial charge is 0.194 e. The van der Waals surface area contributed by atoms with Gasteiger partial charge in [0.1, 0.15) is 12.4 Å². The summed E-state index contributed by atoms with van der Waals surface area (Å²) in [4.78, 5) is 11.4. The molecule has 1 aromatic carbocycles. The van der Waals surface area contributed by atoms with E-state index in [-0.39, 0.29) is 24.0 Å². The van der Waals surface area contributed by atoms with Crippen molar-refractivity contribution in [1.29, 1.82) is 0 Å². The molecule has 0 amide bonds. The Bertz CT molecular complexity index is 870. The molecule has 0 radical (unpaired) electrons. The van der Waals surface area contributed by atoms with Crippen molar-refractivity contribution in [3.63, 3.8) is 0 Å². The van der Waals surface area contributed by atoms with Gasteiger partial charge in [0, 0.05) is 57.9 Å². The maximum Gasteiger partial charge on any atom is 0.194 e. The van der Waals surface area contributed by atoms with E-state index in [9.17, 15) is 0 Å². The Morgan fingerprint density at radius 1 is 1.21 bits per heavy atom. The third-order valence-electron chi connectivity index (χ3n) is 4.24. The minimum absolute atomic E-state index is 0. The van der Waals surface area contributed by atoms with Crippen LogP contribution in [0.3, 0.4) is 0 Å². The van der Waals surface area contributed by atoms with Crippen molar-refractivity contribution < 1.29 is 0 Å². The van der Waals surface area contributed by atoms with Crippen molar-refractivity contribution >= 4 is 29.9 Å². The number of nitrogens with zero attached hydrogens (tertiary/aromatic N) is 6. The molecular formula is C20H28IN7. The van der Waals surface area contributed by atoms with Gasteiger partial charge < -0.3 is 14.8 Å². The summed E-state index contributed by atoms with van der Waals surface area (Å²) in [6.07, 6.45) is 7.74. The van der Waals surface area contributed by atoms with Crippen molar-refractivity contribution in [2.24, 2.45) is 12.0 Å². The molecule has 3 rings (SSSR count). The highest BCUT2D eigenvalue weighted by atomic mass is 127. The second-order valence-corrected chi connectivity index (χ2v) is 6.51. The highest BCUT2D eigenvalue weighted by Crippen LogP contribution is 2.07. The first-order valence-corrected chi connectivity index (χ1v) is 9.16. The van der Waals surface area contributed by atoms with E-state index < -0.39 is 0 Å². The highest BCUT2D eigenvalue weighted by molar-refractivity contribution is 14.0. The molecule has 2 heterocycles.